The molecule has 1 heterocycles. The number of thiophene rings is 1. The van der Waals surface area contributed by atoms with Crippen molar-refractivity contribution in [3.8, 4) is 11.8 Å². The average Bonchev–Trinajstić information content (AvgIpc) is 2.92. The van der Waals surface area contributed by atoms with Crippen LogP contribution in [0.4, 0.5) is 5.69 Å². The van der Waals surface area contributed by atoms with E-state index < -0.39 is 5.91 Å². The van der Waals surface area contributed by atoms with Crippen molar-refractivity contribution in [2.24, 2.45) is 0 Å². The number of carbonyl (C=O) groups is 1. The second-order valence-electron chi connectivity index (χ2n) is 4.19. The van der Waals surface area contributed by atoms with Gasteiger partial charge < -0.3 is 10.1 Å². The van der Waals surface area contributed by atoms with Gasteiger partial charge in [-0.15, -0.1) is 11.3 Å². The first-order valence-electron chi connectivity index (χ1n) is 6.54. The highest BCUT2D eigenvalue weighted by Gasteiger charge is 2.12. The molecule has 0 aliphatic carbocycles. The number of hydrogen-bond donors (Lipinski definition) is 1. The van der Waals surface area contributed by atoms with Crippen LogP contribution in [-0.2, 0) is 4.79 Å². The molecule has 4 nitrogen and oxygen atoms in total. The van der Waals surface area contributed by atoms with E-state index in [-0.39, 0.29) is 5.57 Å². The summed E-state index contributed by atoms with van der Waals surface area (Å²) in [5.41, 5.74) is 0.587. The van der Waals surface area contributed by atoms with E-state index >= 15 is 0 Å². The molecule has 1 aromatic heterocycles. The summed E-state index contributed by atoms with van der Waals surface area (Å²) >= 11 is 4.80. The Morgan fingerprint density at radius 3 is 2.82 bits per heavy atom. The van der Waals surface area contributed by atoms with Gasteiger partial charge in [-0.1, -0.05) is 12.1 Å². The molecule has 0 unspecified atom stereocenters. The highest BCUT2D eigenvalue weighted by atomic mass is 79.9. The Morgan fingerprint density at radius 2 is 2.18 bits per heavy atom. The summed E-state index contributed by atoms with van der Waals surface area (Å²) in [4.78, 5) is 13.1. The lowest BCUT2D eigenvalue weighted by atomic mass is 10.2. The number of nitrogens with one attached hydrogen (secondary N) is 1. The summed E-state index contributed by atoms with van der Waals surface area (Å²) < 4.78 is 6.39. The third kappa shape index (κ3) is 4.20. The van der Waals surface area contributed by atoms with Crippen LogP contribution in [-0.4, -0.2) is 12.5 Å². The summed E-state index contributed by atoms with van der Waals surface area (Å²) in [6, 6.07) is 12.8. The van der Waals surface area contributed by atoms with Crippen LogP contribution in [0.2, 0.25) is 0 Å². The lowest BCUT2D eigenvalue weighted by Gasteiger charge is -2.10. The Morgan fingerprint density at radius 1 is 1.41 bits per heavy atom. The monoisotopic (exact) mass is 376 g/mol. The van der Waals surface area contributed by atoms with Crippen molar-refractivity contribution < 1.29 is 9.53 Å². The van der Waals surface area contributed by atoms with Crippen LogP contribution < -0.4 is 10.1 Å². The maximum Gasteiger partial charge on any atom is 0.266 e. The molecule has 1 N–H and O–H groups in total. The normalized spacial score (nSPS) is 10.9. The maximum absolute atomic E-state index is 12.2. The predicted molar refractivity (Wildman–Crippen MR) is 91.8 cm³/mol. The number of carbonyl (C=O) groups excluding carboxylic acids is 1. The van der Waals surface area contributed by atoms with Gasteiger partial charge in [-0.3, -0.25) is 4.79 Å². The zero-order valence-electron chi connectivity index (χ0n) is 11.8. The summed E-state index contributed by atoms with van der Waals surface area (Å²) in [6.45, 7) is 2.37. The molecule has 0 bridgehead atoms. The van der Waals surface area contributed by atoms with Gasteiger partial charge in [0.05, 0.1) is 16.1 Å². The highest BCUT2D eigenvalue weighted by molar-refractivity contribution is 9.11. The minimum atomic E-state index is -0.459. The molecule has 1 aromatic carbocycles. The van der Waals surface area contributed by atoms with Crippen molar-refractivity contribution in [3.63, 3.8) is 0 Å². The van der Waals surface area contributed by atoms with Crippen LogP contribution in [0.3, 0.4) is 0 Å². The van der Waals surface area contributed by atoms with Crippen LogP contribution in [0.25, 0.3) is 6.08 Å². The lowest BCUT2D eigenvalue weighted by Crippen LogP contribution is -2.14. The topological polar surface area (TPSA) is 62.1 Å². The molecular formula is C16H13BrN2O2S. The van der Waals surface area contributed by atoms with Gasteiger partial charge in [0.15, 0.2) is 0 Å². The van der Waals surface area contributed by atoms with Crippen LogP contribution in [0, 0.1) is 11.3 Å². The van der Waals surface area contributed by atoms with Crippen molar-refractivity contribution >= 4 is 44.9 Å². The number of amides is 1. The Hall–Kier alpha value is -2.10. The van der Waals surface area contributed by atoms with E-state index in [2.05, 4.69) is 21.2 Å². The minimum Gasteiger partial charge on any atom is -0.492 e. The molecular weight excluding hydrogens is 364 g/mol. The van der Waals surface area contributed by atoms with E-state index in [1.165, 1.54) is 11.3 Å². The Bertz CT molecular complexity index is 747. The van der Waals surface area contributed by atoms with Crippen LogP contribution in [0.1, 0.15) is 11.8 Å². The van der Waals surface area contributed by atoms with E-state index in [0.717, 1.165) is 8.66 Å². The molecule has 0 spiro atoms. The van der Waals surface area contributed by atoms with Gasteiger partial charge in [0.25, 0.3) is 5.91 Å². The summed E-state index contributed by atoms with van der Waals surface area (Å²) in [5, 5.41) is 11.9. The first-order valence-corrected chi connectivity index (χ1v) is 8.15. The zero-order valence-corrected chi connectivity index (χ0v) is 14.2. The molecule has 6 heteroatoms. The number of halogens is 1. The Labute approximate surface area is 141 Å². The van der Waals surface area contributed by atoms with Crippen molar-refractivity contribution in [1.82, 2.24) is 0 Å². The second kappa shape index (κ2) is 7.78. The molecule has 0 aliphatic heterocycles. The SMILES string of the molecule is CCOc1ccccc1NC(=O)/C(C#N)=C\c1ccc(Br)s1. The lowest BCUT2D eigenvalue weighted by molar-refractivity contribution is -0.112. The molecule has 1 amide bonds. The number of rotatable bonds is 5. The van der Waals surface area contributed by atoms with Gasteiger partial charge in [-0.25, -0.2) is 0 Å². The van der Waals surface area contributed by atoms with Crippen molar-refractivity contribution in [2.75, 3.05) is 11.9 Å². The van der Waals surface area contributed by atoms with Gasteiger partial charge in [-0.2, -0.15) is 5.26 Å². The van der Waals surface area contributed by atoms with Gasteiger partial charge >= 0.3 is 0 Å². The van der Waals surface area contributed by atoms with E-state index in [4.69, 9.17) is 4.74 Å². The number of hydrogen-bond acceptors (Lipinski definition) is 4. The molecule has 0 saturated carbocycles. The quantitative estimate of drug-likeness (QED) is 0.618. The van der Waals surface area contributed by atoms with Crippen molar-refractivity contribution in [1.29, 1.82) is 5.26 Å². The number of benzene rings is 1. The summed E-state index contributed by atoms with van der Waals surface area (Å²) in [5.74, 6) is 0.119. The van der Waals surface area contributed by atoms with Gasteiger partial charge in [0, 0.05) is 4.88 Å². The molecule has 0 atom stereocenters. The first-order chi connectivity index (χ1) is 10.6. The second-order valence-corrected chi connectivity index (χ2v) is 6.69. The standard InChI is InChI=1S/C16H13BrN2O2S/c1-2-21-14-6-4-3-5-13(14)19-16(20)11(10-18)9-12-7-8-15(17)22-12/h3-9H,2H2,1H3,(H,19,20)/b11-9-. The number of nitrogens with zero attached hydrogens (tertiary/aromatic N) is 1. The van der Waals surface area contributed by atoms with E-state index in [1.807, 2.05) is 31.2 Å². The average molecular weight is 377 g/mol. The number of nitriles is 1. The number of para-hydroxylation sites is 2. The molecule has 2 rings (SSSR count). The third-order valence-electron chi connectivity index (χ3n) is 2.68. The van der Waals surface area contributed by atoms with E-state index in [0.29, 0.717) is 18.0 Å². The fraction of sp³-hybridized carbons (Fsp3) is 0.125. The molecule has 112 valence electrons. The number of ether oxygens (including phenoxy) is 1. The Kier molecular flexibility index (Phi) is 5.75. The van der Waals surface area contributed by atoms with Crippen molar-refractivity contribution in [2.45, 2.75) is 6.92 Å². The molecule has 0 aliphatic rings. The first kappa shape index (κ1) is 16.3. The van der Waals surface area contributed by atoms with Crippen LogP contribution in [0.15, 0.2) is 45.8 Å². The summed E-state index contributed by atoms with van der Waals surface area (Å²) in [7, 11) is 0. The van der Waals surface area contributed by atoms with Gasteiger partial charge in [-0.05, 0) is 53.2 Å². The third-order valence-corrected chi connectivity index (χ3v) is 4.25. The highest BCUT2D eigenvalue weighted by Crippen LogP contribution is 2.26. The molecule has 0 saturated heterocycles. The Balaban J connectivity index is 2.20. The summed E-state index contributed by atoms with van der Waals surface area (Å²) in [6.07, 6.45) is 1.56. The van der Waals surface area contributed by atoms with E-state index in [9.17, 15) is 10.1 Å². The molecule has 0 radical (unpaired) electrons. The molecule has 0 fully saturated rings. The van der Waals surface area contributed by atoms with Crippen molar-refractivity contribution in [3.05, 3.63) is 50.6 Å². The van der Waals surface area contributed by atoms with Gasteiger partial charge in [0.2, 0.25) is 0 Å². The zero-order chi connectivity index (χ0) is 15.9. The molecule has 22 heavy (non-hydrogen) atoms. The minimum absolute atomic E-state index is 0.0423. The fourth-order valence-electron chi connectivity index (χ4n) is 1.74. The maximum atomic E-state index is 12.2. The smallest absolute Gasteiger partial charge is 0.266 e. The van der Waals surface area contributed by atoms with Gasteiger partial charge in [0.1, 0.15) is 17.4 Å². The predicted octanol–water partition coefficient (Wildman–Crippen LogP) is 4.45. The molecule has 2 aromatic rings. The van der Waals surface area contributed by atoms with Crippen LogP contribution >= 0.6 is 27.3 Å². The fourth-order valence-corrected chi connectivity index (χ4v) is 3.10. The van der Waals surface area contributed by atoms with Crippen LogP contribution in [0.5, 0.6) is 5.75 Å². The van der Waals surface area contributed by atoms with E-state index in [1.54, 1.807) is 24.3 Å². The largest absolute Gasteiger partial charge is 0.492 e. The number of anilines is 1.